The summed E-state index contributed by atoms with van der Waals surface area (Å²) in [7, 11) is 0. The summed E-state index contributed by atoms with van der Waals surface area (Å²) in [5, 5.41) is 0. The van der Waals surface area contributed by atoms with Gasteiger partial charge in [-0.2, -0.15) is 0 Å². The molecular formula is C13H20N4. The zero-order valence-electron chi connectivity index (χ0n) is 10.6. The first-order chi connectivity index (χ1) is 8.31. The smallest absolute Gasteiger partial charge is 0.159 e. The molecule has 2 aromatic rings. The molecule has 17 heavy (non-hydrogen) atoms. The molecule has 0 saturated carbocycles. The predicted molar refractivity (Wildman–Crippen MR) is 69.9 cm³/mol. The maximum atomic E-state index is 5.86. The normalized spacial score (nSPS) is 13.1. The standard InChI is InChI=1S/C13H20N4/c1-3-6-10(9-14)12-16-11-7-5-8-15-13(11)17(12)4-2/h5,7-8,10H,3-4,6,9,14H2,1-2H3. The Morgan fingerprint density at radius 3 is 2.88 bits per heavy atom. The van der Waals surface area contributed by atoms with Crippen LogP contribution < -0.4 is 5.73 Å². The van der Waals surface area contributed by atoms with Crippen molar-refractivity contribution < 1.29 is 0 Å². The number of hydrogen-bond acceptors (Lipinski definition) is 3. The third-order valence-electron chi connectivity index (χ3n) is 3.14. The second kappa shape index (κ2) is 5.27. The fourth-order valence-corrected chi connectivity index (χ4v) is 2.30. The molecule has 1 unspecified atom stereocenters. The minimum absolute atomic E-state index is 0.342. The van der Waals surface area contributed by atoms with Crippen molar-refractivity contribution >= 4 is 11.2 Å². The minimum Gasteiger partial charge on any atom is -0.330 e. The third kappa shape index (κ3) is 2.17. The van der Waals surface area contributed by atoms with Crippen LogP contribution in [0.4, 0.5) is 0 Å². The van der Waals surface area contributed by atoms with Gasteiger partial charge in [0, 0.05) is 25.2 Å². The lowest BCUT2D eigenvalue weighted by Gasteiger charge is -2.14. The largest absolute Gasteiger partial charge is 0.330 e. The van der Waals surface area contributed by atoms with E-state index in [0.717, 1.165) is 36.4 Å². The molecular weight excluding hydrogens is 212 g/mol. The van der Waals surface area contributed by atoms with Crippen LogP contribution in [0.3, 0.4) is 0 Å². The summed E-state index contributed by atoms with van der Waals surface area (Å²) in [4.78, 5) is 9.10. The van der Waals surface area contributed by atoms with Crippen LogP contribution in [-0.4, -0.2) is 21.1 Å². The van der Waals surface area contributed by atoms with Crippen LogP contribution in [0.15, 0.2) is 18.3 Å². The number of imidazole rings is 1. The molecule has 0 amide bonds. The molecule has 0 aliphatic rings. The van der Waals surface area contributed by atoms with Gasteiger partial charge in [-0.25, -0.2) is 9.97 Å². The highest BCUT2D eigenvalue weighted by Gasteiger charge is 2.18. The molecule has 4 nitrogen and oxygen atoms in total. The summed E-state index contributed by atoms with van der Waals surface area (Å²) in [6.45, 7) is 5.85. The van der Waals surface area contributed by atoms with Gasteiger partial charge < -0.3 is 10.3 Å². The van der Waals surface area contributed by atoms with Gasteiger partial charge in [0.05, 0.1) is 0 Å². The first-order valence-corrected chi connectivity index (χ1v) is 6.33. The molecule has 2 rings (SSSR count). The molecule has 0 aliphatic heterocycles. The number of rotatable bonds is 5. The van der Waals surface area contributed by atoms with Crippen molar-refractivity contribution in [1.82, 2.24) is 14.5 Å². The Morgan fingerprint density at radius 2 is 2.24 bits per heavy atom. The van der Waals surface area contributed by atoms with E-state index in [1.165, 1.54) is 0 Å². The highest BCUT2D eigenvalue weighted by Crippen LogP contribution is 2.23. The Hall–Kier alpha value is -1.42. The van der Waals surface area contributed by atoms with Crippen LogP contribution in [0.5, 0.6) is 0 Å². The molecule has 0 bridgehead atoms. The van der Waals surface area contributed by atoms with Crippen LogP contribution in [0.1, 0.15) is 38.4 Å². The molecule has 2 N–H and O–H groups in total. The van der Waals surface area contributed by atoms with Crippen molar-refractivity contribution in [2.45, 2.75) is 39.2 Å². The highest BCUT2D eigenvalue weighted by molar-refractivity contribution is 5.71. The number of pyridine rings is 1. The average Bonchev–Trinajstić information content (AvgIpc) is 2.74. The van der Waals surface area contributed by atoms with Gasteiger partial charge in [-0.1, -0.05) is 13.3 Å². The van der Waals surface area contributed by atoms with Gasteiger partial charge in [0.15, 0.2) is 5.65 Å². The Morgan fingerprint density at radius 1 is 1.41 bits per heavy atom. The van der Waals surface area contributed by atoms with Crippen LogP contribution in [-0.2, 0) is 6.54 Å². The Labute approximate surface area is 102 Å². The third-order valence-corrected chi connectivity index (χ3v) is 3.14. The molecule has 92 valence electrons. The van der Waals surface area contributed by atoms with Crippen molar-refractivity contribution in [2.24, 2.45) is 5.73 Å². The van der Waals surface area contributed by atoms with Crippen LogP contribution in [0.25, 0.3) is 11.2 Å². The molecule has 0 spiro atoms. The first-order valence-electron chi connectivity index (χ1n) is 6.33. The van der Waals surface area contributed by atoms with Gasteiger partial charge in [0.25, 0.3) is 0 Å². The Balaban J connectivity index is 2.51. The maximum absolute atomic E-state index is 5.86. The summed E-state index contributed by atoms with van der Waals surface area (Å²) < 4.78 is 2.18. The number of hydrogen-bond donors (Lipinski definition) is 1. The maximum Gasteiger partial charge on any atom is 0.159 e. The number of aryl methyl sites for hydroxylation is 1. The molecule has 1 atom stereocenters. The molecule has 4 heteroatoms. The zero-order valence-corrected chi connectivity index (χ0v) is 10.6. The zero-order chi connectivity index (χ0) is 12.3. The van der Waals surface area contributed by atoms with Crippen molar-refractivity contribution in [3.63, 3.8) is 0 Å². The SMILES string of the molecule is CCCC(CN)c1nc2cccnc2n1CC. The van der Waals surface area contributed by atoms with Crippen molar-refractivity contribution in [3.05, 3.63) is 24.2 Å². The molecule has 0 saturated heterocycles. The second-order valence-corrected chi connectivity index (χ2v) is 4.28. The quantitative estimate of drug-likeness (QED) is 0.860. The van der Waals surface area contributed by atoms with E-state index in [1.807, 2.05) is 18.3 Å². The van der Waals surface area contributed by atoms with Crippen LogP contribution >= 0.6 is 0 Å². The summed E-state index contributed by atoms with van der Waals surface area (Å²) in [6, 6.07) is 3.94. The van der Waals surface area contributed by atoms with Crippen LogP contribution in [0, 0.1) is 0 Å². The Bertz CT molecular complexity index is 489. The molecule has 0 aromatic carbocycles. The van der Waals surface area contributed by atoms with Gasteiger partial charge in [-0.3, -0.25) is 0 Å². The van der Waals surface area contributed by atoms with E-state index in [1.54, 1.807) is 0 Å². The van der Waals surface area contributed by atoms with Gasteiger partial charge in [-0.15, -0.1) is 0 Å². The fourth-order valence-electron chi connectivity index (χ4n) is 2.30. The number of nitrogens with zero attached hydrogens (tertiary/aromatic N) is 3. The van der Waals surface area contributed by atoms with Crippen molar-refractivity contribution in [3.8, 4) is 0 Å². The second-order valence-electron chi connectivity index (χ2n) is 4.28. The monoisotopic (exact) mass is 232 g/mol. The molecule has 0 radical (unpaired) electrons. The summed E-state index contributed by atoms with van der Waals surface area (Å²) >= 11 is 0. The molecule has 0 aliphatic carbocycles. The van der Waals surface area contributed by atoms with Gasteiger partial charge >= 0.3 is 0 Å². The van der Waals surface area contributed by atoms with E-state index < -0.39 is 0 Å². The Kier molecular flexibility index (Phi) is 3.74. The van der Waals surface area contributed by atoms with Crippen LogP contribution in [0.2, 0.25) is 0 Å². The van der Waals surface area contributed by atoms with Crippen molar-refractivity contribution in [1.29, 1.82) is 0 Å². The lowest BCUT2D eigenvalue weighted by molar-refractivity contribution is 0.555. The number of nitrogens with two attached hydrogens (primary N) is 1. The number of aromatic nitrogens is 3. The van der Waals surface area contributed by atoms with E-state index in [-0.39, 0.29) is 0 Å². The first kappa shape index (κ1) is 12.0. The van der Waals surface area contributed by atoms with E-state index >= 15 is 0 Å². The molecule has 2 aromatic heterocycles. The van der Waals surface area contributed by atoms with Gasteiger partial charge in [0.2, 0.25) is 0 Å². The van der Waals surface area contributed by atoms with Gasteiger partial charge in [-0.05, 0) is 25.5 Å². The topological polar surface area (TPSA) is 56.7 Å². The van der Waals surface area contributed by atoms with Gasteiger partial charge in [0.1, 0.15) is 11.3 Å². The highest BCUT2D eigenvalue weighted by atomic mass is 15.1. The number of fused-ring (bicyclic) bond motifs is 1. The molecule has 2 heterocycles. The van der Waals surface area contributed by atoms with Crippen molar-refractivity contribution in [2.75, 3.05) is 6.54 Å². The lowest BCUT2D eigenvalue weighted by atomic mass is 10.0. The van der Waals surface area contributed by atoms with E-state index in [0.29, 0.717) is 12.5 Å². The molecule has 0 fully saturated rings. The fraction of sp³-hybridized carbons (Fsp3) is 0.538. The summed E-state index contributed by atoms with van der Waals surface area (Å²) in [6.07, 6.45) is 4.03. The summed E-state index contributed by atoms with van der Waals surface area (Å²) in [5.41, 5.74) is 7.81. The van der Waals surface area contributed by atoms with E-state index in [4.69, 9.17) is 10.7 Å². The lowest BCUT2D eigenvalue weighted by Crippen LogP contribution is -2.17. The average molecular weight is 232 g/mol. The predicted octanol–water partition coefficient (Wildman–Crippen LogP) is 2.29. The van der Waals surface area contributed by atoms with E-state index in [9.17, 15) is 0 Å². The summed E-state index contributed by atoms with van der Waals surface area (Å²) in [5.74, 6) is 1.43. The minimum atomic E-state index is 0.342. The van der Waals surface area contributed by atoms with E-state index in [2.05, 4.69) is 23.4 Å².